The molecule has 0 heterocycles. The zero-order chi connectivity index (χ0) is 13.2. The number of amides is 1. The Morgan fingerprint density at radius 1 is 1.24 bits per heavy atom. The van der Waals surface area contributed by atoms with Crippen LogP contribution in [0.15, 0.2) is 12.1 Å². The Balaban J connectivity index is 2.86. The van der Waals surface area contributed by atoms with Crippen molar-refractivity contribution in [2.45, 2.75) is 13.8 Å². The molecule has 0 saturated carbocycles. The summed E-state index contributed by atoms with van der Waals surface area (Å²) < 4.78 is 13.1. The van der Waals surface area contributed by atoms with E-state index < -0.39 is 7.26 Å². The van der Waals surface area contributed by atoms with Gasteiger partial charge in [0.25, 0.3) is 0 Å². The van der Waals surface area contributed by atoms with Crippen LogP contribution in [0.25, 0.3) is 0 Å². The van der Waals surface area contributed by atoms with Crippen molar-refractivity contribution >= 4 is 18.9 Å². The fourth-order valence-electron chi connectivity index (χ4n) is 1.77. The Hall–Kier alpha value is -0.950. The Morgan fingerprint density at radius 3 is 2.12 bits per heavy atom. The van der Waals surface area contributed by atoms with E-state index in [0.29, 0.717) is 6.16 Å². The quantitative estimate of drug-likeness (QED) is 0.829. The van der Waals surface area contributed by atoms with E-state index in [1.165, 1.54) is 12.1 Å². The van der Waals surface area contributed by atoms with Crippen molar-refractivity contribution in [3.63, 3.8) is 0 Å². The Labute approximate surface area is 103 Å². The molecule has 1 aromatic rings. The molecule has 0 aliphatic rings. The number of rotatable bonds is 3. The van der Waals surface area contributed by atoms with Crippen LogP contribution in [0.5, 0.6) is 0 Å². The molecule has 2 nitrogen and oxygen atoms in total. The second-order valence-corrected chi connectivity index (χ2v) is 11.2. The van der Waals surface area contributed by atoms with Gasteiger partial charge < -0.3 is 0 Å². The molecule has 0 unspecified atom stereocenters. The van der Waals surface area contributed by atoms with Crippen molar-refractivity contribution in [1.82, 2.24) is 0 Å². The zero-order valence-electron chi connectivity index (χ0n) is 11.1. The summed E-state index contributed by atoms with van der Waals surface area (Å²) in [5.41, 5.74) is 2.28. The molecule has 17 heavy (non-hydrogen) atoms. The molecule has 0 saturated heterocycles. The van der Waals surface area contributed by atoms with E-state index in [0.717, 1.165) is 16.8 Å². The van der Waals surface area contributed by atoms with E-state index in [-0.39, 0.29) is 11.7 Å². The van der Waals surface area contributed by atoms with Crippen LogP contribution in [0.1, 0.15) is 11.1 Å². The molecule has 1 amide bonds. The van der Waals surface area contributed by atoms with Crippen molar-refractivity contribution in [2.75, 3.05) is 31.5 Å². The minimum atomic E-state index is -1.41. The van der Waals surface area contributed by atoms with E-state index in [1.807, 2.05) is 0 Å². The van der Waals surface area contributed by atoms with Crippen LogP contribution in [-0.2, 0) is 4.79 Å². The van der Waals surface area contributed by atoms with E-state index in [2.05, 4.69) is 25.3 Å². The topological polar surface area (TPSA) is 29.1 Å². The van der Waals surface area contributed by atoms with Crippen molar-refractivity contribution in [1.29, 1.82) is 0 Å². The van der Waals surface area contributed by atoms with E-state index >= 15 is 0 Å². The third-order valence-electron chi connectivity index (χ3n) is 2.45. The summed E-state index contributed by atoms with van der Waals surface area (Å²) in [6.45, 7) is 10.1. The first-order valence-electron chi connectivity index (χ1n) is 5.75. The van der Waals surface area contributed by atoms with Gasteiger partial charge in [-0.25, -0.2) is 0 Å². The van der Waals surface area contributed by atoms with Crippen LogP contribution in [0.2, 0.25) is 0 Å². The molecule has 96 valence electrons. The number of aryl methyl sites for hydroxylation is 2. The molecule has 0 atom stereocenters. The Morgan fingerprint density at radius 2 is 1.71 bits per heavy atom. The number of nitrogens with one attached hydrogen (secondary N) is 1. The van der Waals surface area contributed by atoms with Crippen LogP contribution in [0, 0.1) is 19.7 Å². The molecule has 1 aromatic carbocycles. The number of benzene rings is 1. The predicted molar refractivity (Wildman–Crippen MR) is 75.5 cm³/mol. The number of carbonyl (C=O) groups is 1. The van der Waals surface area contributed by atoms with Gasteiger partial charge in [-0.05, 0) is 0 Å². The molecule has 0 aliphatic carbocycles. The normalized spacial score (nSPS) is 12.4. The molecule has 0 fully saturated rings. The van der Waals surface area contributed by atoms with E-state index in [9.17, 15) is 9.18 Å². The molecular formula is C13H21FNOP. The first-order valence-corrected chi connectivity index (χ1v) is 9.46. The minimum absolute atomic E-state index is 0.0296. The second kappa shape index (κ2) is 5.14. The van der Waals surface area contributed by atoms with Gasteiger partial charge in [-0.15, -0.1) is 0 Å². The van der Waals surface area contributed by atoms with Gasteiger partial charge in [0.1, 0.15) is 0 Å². The number of halogens is 1. The first-order chi connectivity index (χ1) is 7.69. The van der Waals surface area contributed by atoms with Gasteiger partial charge in [-0.2, -0.15) is 0 Å². The molecule has 0 radical (unpaired) electrons. The van der Waals surface area contributed by atoms with Crippen LogP contribution >= 0.6 is 7.26 Å². The number of anilines is 1. The van der Waals surface area contributed by atoms with Gasteiger partial charge in [0.15, 0.2) is 0 Å². The average Bonchev–Trinajstić information content (AvgIpc) is 2.08. The third-order valence-corrected chi connectivity index (χ3v) is 3.83. The summed E-state index contributed by atoms with van der Waals surface area (Å²) in [6.07, 6.45) is 0.587. The summed E-state index contributed by atoms with van der Waals surface area (Å²) >= 11 is 0. The molecule has 1 N–H and O–H groups in total. The average molecular weight is 257 g/mol. The van der Waals surface area contributed by atoms with Crippen LogP contribution < -0.4 is 5.32 Å². The molecule has 0 spiro atoms. The molecule has 1 rings (SSSR count). The summed E-state index contributed by atoms with van der Waals surface area (Å²) in [4.78, 5) is 11.8. The number of hydrogen-bond acceptors (Lipinski definition) is 1. The Kier molecular flexibility index (Phi) is 4.26. The van der Waals surface area contributed by atoms with Gasteiger partial charge in [0, 0.05) is 0 Å². The van der Waals surface area contributed by atoms with Crippen LogP contribution in [0.4, 0.5) is 10.1 Å². The molecule has 0 bridgehead atoms. The maximum absolute atomic E-state index is 13.1. The molecule has 0 aliphatic heterocycles. The fourth-order valence-corrected chi connectivity index (χ4v) is 2.82. The summed E-state index contributed by atoms with van der Waals surface area (Å²) in [5, 5.41) is 2.89. The number of carbonyl (C=O) groups excluding carboxylic acids is 1. The molecule has 0 aromatic heterocycles. The van der Waals surface area contributed by atoms with Crippen molar-refractivity contribution in [2.24, 2.45) is 0 Å². The Bertz CT molecular complexity index is 415. The van der Waals surface area contributed by atoms with Gasteiger partial charge >= 0.3 is 102 Å². The molecular weight excluding hydrogens is 236 g/mol. The number of hydrogen-bond donors (Lipinski definition) is 1. The molecule has 4 heteroatoms. The standard InChI is InChI=1S/C13H21FNOP/c1-9-6-11(14)7-10(2)13(9)15-12(16)8-17(3,4)5/h6-7,17H,8H2,1-5H3,(H,15,16). The van der Waals surface area contributed by atoms with Crippen LogP contribution in [-0.4, -0.2) is 32.1 Å². The van der Waals surface area contributed by atoms with Gasteiger partial charge in [0.2, 0.25) is 0 Å². The third kappa shape index (κ3) is 4.43. The van der Waals surface area contributed by atoms with Crippen molar-refractivity contribution < 1.29 is 9.18 Å². The van der Waals surface area contributed by atoms with Crippen molar-refractivity contribution in [3.8, 4) is 0 Å². The van der Waals surface area contributed by atoms with E-state index in [1.54, 1.807) is 13.8 Å². The van der Waals surface area contributed by atoms with Crippen LogP contribution in [0.3, 0.4) is 0 Å². The van der Waals surface area contributed by atoms with Gasteiger partial charge in [0.05, 0.1) is 0 Å². The van der Waals surface area contributed by atoms with Gasteiger partial charge in [-0.3, -0.25) is 0 Å². The van der Waals surface area contributed by atoms with Crippen molar-refractivity contribution in [3.05, 3.63) is 29.1 Å². The van der Waals surface area contributed by atoms with Gasteiger partial charge in [-0.1, -0.05) is 0 Å². The monoisotopic (exact) mass is 257 g/mol. The summed E-state index contributed by atoms with van der Waals surface area (Å²) in [7, 11) is -1.41. The van der Waals surface area contributed by atoms with E-state index in [4.69, 9.17) is 0 Å². The SMILES string of the molecule is Cc1cc(F)cc(C)c1NC(=O)C[PH](C)(C)C. The zero-order valence-corrected chi connectivity index (χ0v) is 12.1. The fraction of sp³-hybridized carbons (Fsp3) is 0.462. The second-order valence-electron chi connectivity index (χ2n) is 5.70. The summed E-state index contributed by atoms with van der Waals surface area (Å²) in [5.74, 6) is -0.231. The first kappa shape index (κ1) is 14.1. The summed E-state index contributed by atoms with van der Waals surface area (Å²) in [6, 6.07) is 2.88. The predicted octanol–water partition coefficient (Wildman–Crippen LogP) is 3.02. The maximum atomic E-state index is 13.1.